The molecule has 2 aromatic rings. The van der Waals surface area contributed by atoms with Crippen LogP contribution in [0.5, 0.6) is 11.5 Å². The second-order valence-corrected chi connectivity index (χ2v) is 6.08. The number of carbonyl (C=O) groups excluding carboxylic acids is 1. The van der Waals surface area contributed by atoms with Gasteiger partial charge in [-0.05, 0) is 26.1 Å². The maximum atomic E-state index is 12.2. The highest BCUT2D eigenvalue weighted by Gasteiger charge is 2.11. The van der Waals surface area contributed by atoms with Gasteiger partial charge in [0, 0.05) is 24.2 Å². The summed E-state index contributed by atoms with van der Waals surface area (Å²) in [6.07, 6.45) is 0. The van der Waals surface area contributed by atoms with Gasteiger partial charge in [-0.3, -0.25) is 9.69 Å². The summed E-state index contributed by atoms with van der Waals surface area (Å²) in [5.41, 5.74) is 3.20. The first-order chi connectivity index (χ1) is 12.0. The van der Waals surface area contributed by atoms with Gasteiger partial charge < -0.3 is 14.8 Å². The molecule has 5 heteroatoms. The van der Waals surface area contributed by atoms with Crippen LogP contribution >= 0.6 is 0 Å². The Morgan fingerprint density at radius 2 is 1.72 bits per heavy atom. The first kappa shape index (κ1) is 18.8. The van der Waals surface area contributed by atoms with Crippen molar-refractivity contribution >= 4 is 5.91 Å². The molecule has 5 nitrogen and oxygen atoms in total. The summed E-state index contributed by atoms with van der Waals surface area (Å²) >= 11 is 0. The minimum Gasteiger partial charge on any atom is -0.496 e. The van der Waals surface area contributed by atoms with E-state index in [-0.39, 0.29) is 5.91 Å². The molecule has 0 heterocycles. The van der Waals surface area contributed by atoms with Crippen molar-refractivity contribution in [3.8, 4) is 11.5 Å². The minimum atomic E-state index is -0.0278. The molecule has 0 radical (unpaired) electrons. The molecular weight excluding hydrogens is 316 g/mol. The van der Waals surface area contributed by atoms with Gasteiger partial charge in [-0.25, -0.2) is 0 Å². The lowest BCUT2D eigenvalue weighted by molar-refractivity contribution is -0.122. The van der Waals surface area contributed by atoms with Gasteiger partial charge in [-0.1, -0.05) is 35.9 Å². The second-order valence-electron chi connectivity index (χ2n) is 6.08. The fraction of sp³-hybridized carbons (Fsp3) is 0.350. The molecule has 0 spiro atoms. The van der Waals surface area contributed by atoms with E-state index >= 15 is 0 Å². The Labute approximate surface area is 149 Å². The zero-order chi connectivity index (χ0) is 18.2. The zero-order valence-corrected chi connectivity index (χ0v) is 15.3. The fourth-order valence-electron chi connectivity index (χ4n) is 2.72. The smallest absolute Gasteiger partial charge is 0.234 e. The van der Waals surface area contributed by atoms with Crippen molar-refractivity contribution in [3.05, 3.63) is 59.2 Å². The number of hydrogen-bond acceptors (Lipinski definition) is 4. The molecule has 0 fully saturated rings. The molecule has 25 heavy (non-hydrogen) atoms. The molecule has 0 unspecified atom stereocenters. The first-order valence-corrected chi connectivity index (χ1v) is 8.24. The van der Waals surface area contributed by atoms with E-state index in [2.05, 4.69) is 11.4 Å². The summed E-state index contributed by atoms with van der Waals surface area (Å²) in [5, 5.41) is 2.94. The predicted octanol–water partition coefficient (Wildman–Crippen LogP) is 2.76. The Morgan fingerprint density at radius 1 is 1.04 bits per heavy atom. The Kier molecular flexibility index (Phi) is 6.83. The van der Waals surface area contributed by atoms with E-state index in [1.54, 1.807) is 14.2 Å². The summed E-state index contributed by atoms with van der Waals surface area (Å²) in [4.78, 5) is 14.2. The average molecular weight is 342 g/mol. The van der Waals surface area contributed by atoms with E-state index in [1.807, 2.05) is 55.3 Å². The molecule has 0 aromatic heterocycles. The maximum Gasteiger partial charge on any atom is 0.234 e. The van der Waals surface area contributed by atoms with E-state index in [4.69, 9.17) is 9.47 Å². The topological polar surface area (TPSA) is 50.8 Å². The van der Waals surface area contributed by atoms with E-state index in [0.717, 1.165) is 22.6 Å². The lowest BCUT2D eigenvalue weighted by Gasteiger charge is -2.18. The van der Waals surface area contributed by atoms with Gasteiger partial charge in [0.2, 0.25) is 5.91 Å². The Bertz CT molecular complexity index is 716. The van der Waals surface area contributed by atoms with E-state index in [9.17, 15) is 4.79 Å². The molecule has 0 bridgehead atoms. The average Bonchev–Trinajstić information content (AvgIpc) is 2.60. The van der Waals surface area contributed by atoms with Crippen molar-refractivity contribution in [2.24, 2.45) is 0 Å². The minimum absolute atomic E-state index is 0.0278. The van der Waals surface area contributed by atoms with Crippen molar-refractivity contribution in [2.75, 3.05) is 27.8 Å². The van der Waals surface area contributed by atoms with Gasteiger partial charge in [-0.2, -0.15) is 0 Å². The van der Waals surface area contributed by atoms with Gasteiger partial charge in [0.15, 0.2) is 0 Å². The third kappa shape index (κ3) is 5.50. The number of rotatable bonds is 8. The van der Waals surface area contributed by atoms with Gasteiger partial charge >= 0.3 is 0 Å². The largest absolute Gasteiger partial charge is 0.496 e. The molecule has 1 amide bonds. The van der Waals surface area contributed by atoms with Crippen LogP contribution in [0.2, 0.25) is 0 Å². The van der Waals surface area contributed by atoms with Crippen LogP contribution in [0, 0.1) is 6.92 Å². The van der Waals surface area contributed by atoms with Crippen molar-refractivity contribution in [3.63, 3.8) is 0 Å². The summed E-state index contributed by atoms with van der Waals surface area (Å²) in [6.45, 7) is 3.45. The number of nitrogens with zero attached hydrogens (tertiary/aromatic N) is 1. The Hall–Kier alpha value is -2.53. The molecule has 2 aromatic carbocycles. The molecule has 0 saturated heterocycles. The van der Waals surface area contributed by atoms with Gasteiger partial charge in [0.25, 0.3) is 0 Å². The monoisotopic (exact) mass is 342 g/mol. The highest BCUT2D eigenvalue weighted by molar-refractivity contribution is 5.78. The molecule has 0 aliphatic carbocycles. The number of carbonyl (C=O) groups is 1. The molecule has 2 rings (SSSR count). The number of methoxy groups -OCH3 is 2. The predicted molar refractivity (Wildman–Crippen MR) is 98.9 cm³/mol. The third-order valence-electron chi connectivity index (χ3n) is 3.96. The summed E-state index contributed by atoms with van der Waals surface area (Å²) < 4.78 is 10.7. The maximum absolute atomic E-state index is 12.2. The first-order valence-electron chi connectivity index (χ1n) is 8.24. The molecule has 0 aliphatic heterocycles. The summed E-state index contributed by atoms with van der Waals surface area (Å²) in [6, 6.07) is 13.7. The van der Waals surface area contributed by atoms with Crippen LogP contribution in [-0.2, 0) is 17.9 Å². The molecular formula is C20H26N2O3. The van der Waals surface area contributed by atoms with Crippen LogP contribution in [0.1, 0.15) is 16.7 Å². The number of para-hydroxylation sites is 1. The Morgan fingerprint density at radius 3 is 2.44 bits per heavy atom. The number of nitrogens with one attached hydrogen (secondary N) is 1. The van der Waals surface area contributed by atoms with Crippen LogP contribution in [0.15, 0.2) is 42.5 Å². The molecule has 0 aliphatic rings. The van der Waals surface area contributed by atoms with Gasteiger partial charge in [0.05, 0.1) is 20.8 Å². The van der Waals surface area contributed by atoms with E-state index < -0.39 is 0 Å². The number of aryl methyl sites for hydroxylation is 1. The van der Waals surface area contributed by atoms with Crippen molar-refractivity contribution in [1.82, 2.24) is 10.2 Å². The molecule has 0 atom stereocenters. The third-order valence-corrected chi connectivity index (χ3v) is 3.96. The number of hydrogen-bond donors (Lipinski definition) is 1. The van der Waals surface area contributed by atoms with Crippen LogP contribution in [0.25, 0.3) is 0 Å². The second kappa shape index (κ2) is 9.08. The number of ether oxygens (including phenoxy) is 2. The fourth-order valence-corrected chi connectivity index (χ4v) is 2.72. The molecule has 0 saturated carbocycles. The van der Waals surface area contributed by atoms with Crippen LogP contribution in [-0.4, -0.2) is 38.6 Å². The van der Waals surface area contributed by atoms with Gasteiger partial charge in [-0.15, -0.1) is 0 Å². The zero-order valence-electron chi connectivity index (χ0n) is 15.3. The molecule has 1 N–H and O–H groups in total. The normalized spacial score (nSPS) is 10.6. The number of benzene rings is 2. The van der Waals surface area contributed by atoms with Crippen LogP contribution in [0.4, 0.5) is 0 Å². The highest BCUT2D eigenvalue weighted by Crippen LogP contribution is 2.21. The highest BCUT2D eigenvalue weighted by atomic mass is 16.5. The quantitative estimate of drug-likeness (QED) is 0.801. The SMILES string of the molecule is COc1ccccc1CNC(=O)CN(C)Cc1cc(C)ccc1OC. The van der Waals surface area contributed by atoms with Gasteiger partial charge in [0.1, 0.15) is 11.5 Å². The lowest BCUT2D eigenvalue weighted by atomic mass is 10.1. The van der Waals surface area contributed by atoms with Crippen molar-refractivity contribution < 1.29 is 14.3 Å². The van der Waals surface area contributed by atoms with E-state index in [0.29, 0.717) is 19.6 Å². The van der Waals surface area contributed by atoms with Crippen LogP contribution < -0.4 is 14.8 Å². The molecule has 134 valence electrons. The van der Waals surface area contributed by atoms with E-state index in [1.165, 1.54) is 5.56 Å². The summed E-state index contributed by atoms with van der Waals surface area (Å²) in [5.74, 6) is 1.59. The van der Waals surface area contributed by atoms with Crippen molar-refractivity contribution in [2.45, 2.75) is 20.0 Å². The summed E-state index contributed by atoms with van der Waals surface area (Å²) in [7, 11) is 5.21. The van der Waals surface area contributed by atoms with Crippen molar-refractivity contribution in [1.29, 1.82) is 0 Å². The number of amides is 1. The Balaban J connectivity index is 1.89. The standard InChI is InChI=1S/C20H26N2O3/c1-15-9-10-19(25-4)17(11-15)13-22(2)14-20(23)21-12-16-7-5-6-8-18(16)24-3/h5-11H,12-14H2,1-4H3,(H,21,23). The van der Waals surface area contributed by atoms with Crippen LogP contribution in [0.3, 0.4) is 0 Å². The lowest BCUT2D eigenvalue weighted by Crippen LogP contribution is -2.34. The number of likely N-dealkylation sites (N-methyl/N-ethyl adjacent to an activating group) is 1.